The number of Topliss-reactive ketones (excluding diaryl/α,β-unsaturated/α-hetero) is 1. The van der Waals surface area contributed by atoms with Crippen LogP contribution in [0.15, 0.2) is 17.5 Å². The van der Waals surface area contributed by atoms with E-state index in [9.17, 15) is 9.59 Å². The molecule has 0 aromatic carbocycles. The van der Waals surface area contributed by atoms with Gasteiger partial charge in [-0.25, -0.2) is 0 Å². The van der Waals surface area contributed by atoms with Gasteiger partial charge in [-0.1, -0.05) is 6.07 Å². The summed E-state index contributed by atoms with van der Waals surface area (Å²) in [7, 11) is 0. The number of thiophene rings is 1. The zero-order chi connectivity index (χ0) is 11.5. The van der Waals surface area contributed by atoms with Crippen LogP contribution in [0.3, 0.4) is 0 Å². The molecule has 1 rings (SSSR count). The first-order chi connectivity index (χ1) is 6.88. The summed E-state index contributed by atoms with van der Waals surface area (Å²) >= 11 is 1.33. The van der Waals surface area contributed by atoms with Gasteiger partial charge in [0.25, 0.3) is 0 Å². The van der Waals surface area contributed by atoms with Gasteiger partial charge in [-0.05, 0) is 32.2 Å². The van der Waals surface area contributed by atoms with Gasteiger partial charge in [-0.2, -0.15) is 0 Å². The van der Waals surface area contributed by atoms with Gasteiger partial charge in [0.05, 0.1) is 4.88 Å². The molecule has 0 aliphatic rings. The highest BCUT2D eigenvalue weighted by molar-refractivity contribution is 7.12. The van der Waals surface area contributed by atoms with Crippen molar-refractivity contribution in [2.24, 2.45) is 0 Å². The molecule has 0 amide bonds. The molecule has 0 fully saturated rings. The average molecular weight is 226 g/mol. The molecule has 82 valence electrons. The van der Waals surface area contributed by atoms with Crippen molar-refractivity contribution >= 4 is 23.1 Å². The van der Waals surface area contributed by atoms with Gasteiger partial charge in [-0.3, -0.25) is 9.59 Å². The lowest BCUT2D eigenvalue weighted by atomic mass is 10.2. The van der Waals surface area contributed by atoms with Gasteiger partial charge in [-0.15, -0.1) is 11.3 Å². The minimum atomic E-state index is -0.535. The number of hydrogen-bond acceptors (Lipinski definition) is 4. The fraction of sp³-hybridized carbons (Fsp3) is 0.455. The molecule has 0 aliphatic carbocycles. The number of hydrogen-bond donors (Lipinski definition) is 0. The summed E-state index contributed by atoms with van der Waals surface area (Å²) in [6.07, 6.45) is -0.183. The molecule has 0 saturated carbocycles. The molecule has 1 heterocycles. The maximum atomic E-state index is 11.5. The van der Waals surface area contributed by atoms with Crippen molar-refractivity contribution in [3.63, 3.8) is 0 Å². The maximum Gasteiger partial charge on any atom is 0.314 e. The van der Waals surface area contributed by atoms with Crippen LogP contribution >= 0.6 is 11.3 Å². The summed E-state index contributed by atoms with van der Waals surface area (Å²) in [4.78, 5) is 23.4. The monoisotopic (exact) mass is 226 g/mol. The van der Waals surface area contributed by atoms with Crippen LogP contribution < -0.4 is 0 Å². The fourth-order valence-corrected chi connectivity index (χ4v) is 1.70. The molecule has 0 spiro atoms. The third kappa shape index (κ3) is 4.25. The van der Waals surface area contributed by atoms with Crippen LogP contribution in [0, 0.1) is 0 Å². The lowest BCUT2D eigenvalue weighted by Crippen LogP contribution is -2.25. The highest BCUT2D eigenvalue weighted by atomic mass is 32.1. The second-order valence-corrected chi connectivity index (χ2v) is 5.11. The van der Waals surface area contributed by atoms with Crippen LogP contribution in [0.2, 0.25) is 0 Å². The predicted molar refractivity (Wildman–Crippen MR) is 59.1 cm³/mol. The van der Waals surface area contributed by atoms with Gasteiger partial charge in [0.1, 0.15) is 12.0 Å². The molecule has 0 unspecified atom stereocenters. The standard InChI is InChI=1S/C11H14O3S/c1-11(2,3)14-10(13)7-8(12)9-5-4-6-15-9/h4-6H,7H2,1-3H3. The second kappa shape index (κ2) is 4.57. The molecule has 1 aromatic heterocycles. The topological polar surface area (TPSA) is 43.4 Å². The quantitative estimate of drug-likeness (QED) is 0.452. The van der Waals surface area contributed by atoms with E-state index in [1.807, 2.05) is 5.38 Å². The van der Waals surface area contributed by atoms with E-state index in [-0.39, 0.29) is 12.2 Å². The van der Waals surface area contributed by atoms with Crippen molar-refractivity contribution in [3.05, 3.63) is 22.4 Å². The SMILES string of the molecule is CC(C)(C)OC(=O)CC(=O)c1cccs1. The summed E-state index contributed by atoms with van der Waals surface area (Å²) in [5.74, 6) is -0.653. The Morgan fingerprint density at radius 3 is 2.53 bits per heavy atom. The average Bonchev–Trinajstić information content (AvgIpc) is 2.50. The molecule has 15 heavy (non-hydrogen) atoms. The first kappa shape index (κ1) is 11.9. The maximum absolute atomic E-state index is 11.5. The number of esters is 1. The normalized spacial score (nSPS) is 11.1. The minimum Gasteiger partial charge on any atom is -0.460 e. The molecule has 3 nitrogen and oxygen atoms in total. The Morgan fingerprint density at radius 2 is 2.07 bits per heavy atom. The van der Waals surface area contributed by atoms with Crippen molar-refractivity contribution in [1.29, 1.82) is 0 Å². The number of rotatable bonds is 3. The second-order valence-electron chi connectivity index (χ2n) is 4.16. The van der Waals surface area contributed by atoms with E-state index in [1.54, 1.807) is 32.9 Å². The Kier molecular flexibility index (Phi) is 3.63. The molecule has 4 heteroatoms. The van der Waals surface area contributed by atoms with E-state index in [0.29, 0.717) is 4.88 Å². The van der Waals surface area contributed by atoms with Crippen molar-refractivity contribution in [3.8, 4) is 0 Å². The Bertz CT molecular complexity index is 346. The summed E-state index contributed by atoms with van der Waals surface area (Å²) in [5.41, 5.74) is -0.535. The van der Waals surface area contributed by atoms with Gasteiger partial charge >= 0.3 is 5.97 Å². The molecule has 0 aliphatic heterocycles. The largest absolute Gasteiger partial charge is 0.460 e. The lowest BCUT2D eigenvalue weighted by molar-refractivity contribution is -0.153. The van der Waals surface area contributed by atoms with Crippen LogP contribution in [0.5, 0.6) is 0 Å². The number of carbonyl (C=O) groups is 2. The summed E-state index contributed by atoms with van der Waals surface area (Å²) < 4.78 is 5.05. The summed E-state index contributed by atoms with van der Waals surface area (Å²) in [6.45, 7) is 5.33. The van der Waals surface area contributed by atoms with Gasteiger partial charge in [0.15, 0.2) is 5.78 Å². The van der Waals surface area contributed by atoms with Crippen molar-refractivity contribution in [2.45, 2.75) is 32.8 Å². The van der Waals surface area contributed by atoms with E-state index in [1.165, 1.54) is 11.3 Å². The summed E-state index contributed by atoms with van der Waals surface area (Å²) in [6, 6.07) is 3.49. The van der Waals surface area contributed by atoms with E-state index < -0.39 is 11.6 Å². The third-order valence-corrected chi connectivity index (χ3v) is 2.43. The highest BCUT2D eigenvalue weighted by Gasteiger charge is 2.19. The fourth-order valence-electron chi connectivity index (χ4n) is 1.03. The van der Waals surface area contributed by atoms with E-state index in [0.717, 1.165) is 0 Å². The smallest absolute Gasteiger partial charge is 0.314 e. The van der Waals surface area contributed by atoms with Crippen LogP contribution in [0.25, 0.3) is 0 Å². The Labute approximate surface area is 93.1 Å². The van der Waals surface area contributed by atoms with Gasteiger partial charge < -0.3 is 4.74 Å². The van der Waals surface area contributed by atoms with E-state index >= 15 is 0 Å². The Hall–Kier alpha value is -1.16. The van der Waals surface area contributed by atoms with Crippen molar-refractivity contribution in [1.82, 2.24) is 0 Å². The van der Waals surface area contributed by atoms with Crippen LogP contribution in [0.1, 0.15) is 36.9 Å². The zero-order valence-electron chi connectivity index (χ0n) is 9.07. The predicted octanol–water partition coefficient (Wildman–Crippen LogP) is 2.66. The van der Waals surface area contributed by atoms with Crippen LogP contribution in [-0.2, 0) is 9.53 Å². The number of carbonyl (C=O) groups excluding carboxylic acids is 2. The first-order valence-corrected chi connectivity index (χ1v) is 5.55. The summed E-state index contributed by atoms with van der Waals surface area (Å²) in [5, 5.41) is 1.81. The van der Waals surface area contributed by atoms with Crippen LogP contribution in [0.4, 0.5) is 0 Å². The third-order valence-electron chi connectivity index (χ3n) is 1.52. The number of ketones is 1. The molecule has 0 bridgehead atoms. The lowest BCUT2D eigenvalue weighted by Gasteiger charge is -2.18. The molecule has 0 atom stereocenters. The van der Waals surface area contributed by atoms with E-state index in [2.05, 4.69) is 0 Å². The van der Waals surface area contributed by atoms with Crippen molar-refractivity contribution < 1.29 is 14.3 Å². The van der Waals surface area contributed by atoms with Gasteiger partial charge in [0.2, 0.25) is 0 Å². The first-order valence-electron chi connectivity index (χ1n) is 4.67. The highest BCUT2D eigenvalue weighted by Crippen LogP contribution is 2.13. The minimum absolute atomic E-state index is 0.181. The van der Waals surface area contributed by atoms with Gasteiger partial charge in [0, 0.05) is 0 Å². The number of ether oxygens (including phenoxy) is 1. The molecule has 0 radical (unpaired) electrons. The van der Waals surface area contributed by atoms with E-state index in [4.69, 9.17) is 4.74 Å². The Morgan fingerprint density at radius 1 is 1.40 bits per heavy atom. The zero-order valence-corrected chi connectivity index (χ0v) is 9.89. The molecular weight excluding hydrogens is 212 g/mol. The van der Waals surface area contributed by atoms with Crippen molar-refractivity contribution in [2.75, 3.05) is 0 Å². The Balaban J connectivity index is 2.50. The molecule has 0 N–H and O–H groups in total. The molecular formula is C11H14O3S. The molecule has 1 aromatic rings. The molecule has 0 saturated heterocycles. The van der Waals surface area contributed by atoms with Crippen LogP contribution in [-0.4, -0.2) is 17.4 Å².